The van der Waals surface area contributed by atoms with Crippen molar-refractivity contribution in [2.24, 2.45) is 0 Å². The van der Waals surface area contributed by atoms with Crippen molar-refractivity contribution < 1.29 is 18.7 Å². The van der Waals surface area contributed by atoms with E-state index in [0.29, 0.717) is 34.6 Å². The molecular formula is C20H18ClFN4O3. The average molecular weight is 417 g/mol. The molecule has 1 aliphatic heterocycles. The van der Waals surface area contributed by atoms with Gasteiger partial charge in [0.2, 0.25) is 11.9 Å². The second-order valence-corrected chi connectivity index (χ2v) is 6.89. The molecule has 1 aromatic heterocycles. The monoisotopic (exact) mass is 416 g/mol. The number of nitrogens with one attached hydrogen (secondary N) is 1. The molecule has 2 aromatic carbocycles. The number of amides is 1. The molecule has 29 heavy (non-hydrogen) atoms. The van der Waals surface area contributed by atoms with Crippen LogP contribution in [0.15, 0.2) is 42.7 Å². The fourth-order valence-electron chi connectivity index (χ4n) is 3.23. The van der Waals surface area contributed by atoms with E-state index in [2.05, 4.69) is 15.4 Å². The van der Waals surface area contributed by atoms with Crippen LogP contribution in [0.2, 0.25) is 5.02 Å². The van der Waals surface area contributed by atoms with Crippen LogP contribution in [0.4, 0.5) is 10.3 Å². The number of ether oxygens (including phenoxy) is 2. The highest BCUT2D eigenvalue weighted by Gasteiger charge is 2.29. The van der Waals surface area contributed by atoms with Gasteiger partial charge in [0, 0.05) is 0 Å². The van der Waals surface area contributed by atoms with Crippen molar-refractivity contribution in [2.75, 3.05) is 11.9 Å². The molecule has 2 heterocycles. The molecule has 0 spiro atoms. The molecule has 150 valence electrons. The van der Waals surface area contributed by atoms with Crippen LogP contribution < -0.4 is 14.8 Å². The molecule has 1 N–H and O–H groups in total. The van der Waals surface area contributed by atoms with Gasteiger partial charge in [0.1, 0.15) is 18.8 Å². The van der Waals surface area contributed by atoms with Gasteiger partial charge in [0.15, 0.2) is 11.5 Å². The third-order valence-corrected chi connectivity index (χ3v) is 4.77. The van der Waals surface area contributed by atoms with Crippen molar-refractivity contribution in [1.29, 1.82) is 0 Å². The molecule has 3 aromatic rings. The second-order valence-electron chi connectivity index (χ2n) is 6.48. The van der Waals surface area contributed by atoms with Gasteiger partial charge in [-0.3, -0.25) is 10.1 Å². The van der Waals surface area contributed by atoms with Crippen LogP contribution in [0.1, 0.15) is 30.5 Å². The van der Waals surface area contributed by atoms with E-state index in [-0.39, 0.29) is 30.8 Å². The van der Waals surface area contributed by atoms with Crippen LogP contribution in [0, 0.1) is 5.82 Å². The molecule has 7 nitrogen and oxygen atoms in total. The van der Waals surface area contributed by atoms with Gasteiger partial charge in [-0.25, -0.2) is 9.07 Å². The average Bonchev–Trinajstić information content (AvgIpc) is 3.15. The number of nitrogens with zero attached hydrogens (tertiary/aromatic N) is 3. The normalized spacial score (nSPS) is 15.6. The molecule has 9 heteroatoms. The van der Waals surface area contributed by atoms with Gasteiger partial charge >= 0.3 is 0 Å². The van der Waals surface area contributed by atoms with E-state index in [1.165, 1.54) is 18.5 Å². The maximum absolute atomic E-state index is 13.4. The molecule has 0 bridgehead atoms. The molecule has 1 amide bonds. The number of rotatable bonds is 6. The van der Waals surface area contributed by atoms with Crippen LogP contribution in [0.3, 0.4) is 0 Å². The van der Waals surface area contributed by atoms with Crippen LogP contribution in [0.5, 0.6) is 11.5 Å². The van der Waals surface area contributed by atoms with Crippen molar-refractivity contribution in [3.8, 4) is 11.5 Å². The fraction of sp³-hybridized carbons (Fsp3) is 0.250. The number of halogens is 2. The first-order valence-corrected chi connectivity index (χ1v) is 9.45. The van der Waals surface area contributed by atoms with Crippen molar-refractivity contribution in [3.63, 3.8) is 0 Å². The molecule has 0 radical (unpaired) electrons. The number of fused-ring (bicyclic) bond motifs is 1. The smallest absolute Gasteiger partial charge is 0.229 e. The van der Waals surface area contributed by atoms with Crippen molar-refractivity contribution >= 4 is 23.5 Å². The Morgan fingerprint density at radius 3 is 2.97 bits per heavy atom. The first kappa shape index (κ1) is 19.2. The Balaban J connectivity index is 1.66. The maximum atomic E-state index is 13.4. The summed E-state index contributed by atoms with van der Waals surface area (Å²) in [4.78, 5) is 16.1. The number of anilines is 1. The summed E-state index contributed by atoms with van der Waals surface area (Å²) in [6.07, 6.45) is 1.58. The third kappa shape index (κ3) is 4.02. The Hall–Kier alpha value is -3.13. The SMILES string of the molecule is CCOc1cc([C@@H]2CC(=O)Nc3ncnn32)cc(Cl)c1OCc1cccc(F)c1. The van der Waals surface area contributed by atoms with Crippen LogP contribution >= 0.6 is 11.6 Å². The molecule has 0 unspecified atom stereocenters. The van der Waals surface area contributed by atoms with E-state index in [9.17, 15) is 9.18 Å². The Morgan fingerprint density at radius 1 is 1.31 bits per heavy atom. The summed E-state index contributed by atoms with van der Waals surface area (Å²) in [5, 5.41) is 7.21. The molecule has 0 fully saturated rings. The molecule has 4 rings (SSSR count). The largest absolute Gasteiger partial charge is 0.490 e. The van der Waals surface area contributed by atoms with E-state index in [1.54, 1.807) is 28.9 Å². The van der Waals surface area contributed by atoms with Gasteiger partial charge in [-0.2, -0.15) is 10.1 Å². The Kier molecular flexibility index (Phi) is 5.35. The minimum Gasteiger partial charge on any atom is -0.490 e. The predicted octanol–water partition coefficient (Wildman–Crippen LogP) is 3.98. The van der Waals surface area contributed by atoms with Gasteiger partial charge in [-0.15, -0.1) is 0 Å². The lowest BCUT2D eigenvalue weighted by atomic mass is 10.0. The quantitative estimate of drug-likeness (QED) is 0.657. The molecule has 0 aliphatic carbocycles. The number of carbonyl (C=O) groups excluding carboxylic acids is 1. The zero-order valence-corrected chi connectivity index (χ0v) is 16.3. The summed E-state index contributed by atoms with van der Waals surface area (Å²) in [6.45, 7) is 2.38. The zero-order chi connectivity index (χ0) is 20.4. The summed E-state index contributed by atoms with van der Waals surface area (Å²) in [6, 6.07) is 9.29. The van der Waals surface area contributed by atoms with Crippen LogP contribution in [0.25, 0.3) is 0 Å². The fourth-order valence-corrected chi connectivity index (χ4v) is 3.50. The summed E-state index contributed by atoms with van der Waals surface area (Å²) in [7, 11) is 0. The lowest BCUT2D eigenvalue weighted by Crippen LogP contribution is -2.29. The number of hydrogen-bond donors (Lipinski definition) is 1. The van der Waals surface area contributed by atoms with Gasteiger partial charge in [-0.1, -0.05) is 23.7 Å². The first-order valence-electron chi connectivity index (χ1n) is 9.08. The van der Waals surface area contributed by atoms with Crippen molar-refractivity contribution in [3.05, 3.63) is 64.7 Å². The summed E-state index contributed by atoms with van der Waals surface area (Å²) < 4.78 is 26.6. The van der Waals surface area contributed by atoms with Crippen LogP contribution in [-0.2, 0) is 11.4 Å². The van der Waals surface area contributed by atoms with E-state index < -0.39 is 0 Å². The Bertz CT molecular complexity index is 1060. The van der Waals surface area contributed by atoms with Gasteiger partial charge < -0.3 is 9.47 Å². The van der Waals surface area contributed by atoms with Gasteiger partial charge in [0.25, 0.3) is 0 Å². The number of aromatic nitrogens is 3. The highest BCUT2D eigenvalue weighted by molar-refractivity contribution is 6.32. The summed E-state index contributed by atoms with van der Waals surface area (Å²) >= 11 is 6.50. The predicted molar refractivity (Wildman–Crippen MR) is 105 cm³/mol. The Labute approximate surface area is 171 Å². The molecule has 1 atom stereocenters. The summed E-state index contributed by atoms with van der Waals surface area (Å²) in [5.41, 5.74) is 1.42. The third-order valence-electron chi connectivity index (χ3n) is 4.49. The van der Waals surface area contributed by atoms with Crippen molar-refractivity contribution in [1.82, 2.24) is 14.8 Å². The molecule has 1 aliphatic rings. The number of hydrogen-bond acceptors (Lipinski definition) is 5. The Morgan fingerprint density at radius 2 is 2.17 bits per heavy atom. The van der Waals surface area contributed by atoms with Gasteiger partial charge in [0.05, 0.1) is 24.1 Å². The van der Waals surface area contributed by atoms with E-state index in [4.69, 9.17) is 21.1 Å². The number of carbonyl (C=O) groups is 1. The molecular weight excluding hydrogens is 399 g/mol. The lowest BCUT2D eigenvalue weighted by molar-refractivity contribution is -0.117. The summed E-state index contributed by atoms with van der Waals surface area (Å²) in [5.74, 6) is 0.694. The maximum Gasteiger partial charge on any atom is 0.229 e. The van der Waals surface area contributed by atoms with E-state index in [0.717, 1.165) is 5.56 Å². The minimum absolute atomic E-state index is 0.135. The first-order chi connectivity index (χ1) is 14.0. The second kappa shape index (κ2) is 8.08. The highest BCUT2D eigenvalue weighted by atomic mass is 35.5. The number of benzene rings is 2. The van der Waals surface area contributed by atoms with Crippen LogP contribution in [-0.4, -0.2) is 27.3 Å². The van der Waals surface area contributed by atoms with Gasteiger partial charge in [-0.05, 0) is 42.3 Å². The molecule has 0 saturated carbocycles. The topological polar surface area (TPSA) is 78.3 Å². The van der Waals surface area contributed by atoms with E-state index in [1.807, 2.05) is 6.92 Å². The molecule has 0 saturated heterocycles. The zero-order valence-electron chi connectivity index (χ0n) is 15.6. The lowest BCUT2D eigenvalue weighted by Gasteiger charge is -2.25. The van der Waals surface area contributed by atoms with E-state index >= 15 is 0 Å². The van der Waals surface area contributed by atoms with Crippen molar-refractivity contribution in [2.45, 2.75) is 26.0 Å². The standard InChI is InChI=1S/C20H18ClFN4O3/c1-2-28-17-8-13(16-9-18(27)25-20-23-11-24-26(16)20)7-15(21)19(17)29-10-12-4-3-5-14(22)6-12/h3-8,11,16H,2,9-10H2,1H3,(H,23,24,25,27)/t16-/m0/s1. The highest BCUT2D eigenvalue weighted by Crippen LogP contribution is 2.41. The minimum atomic E-state index is -0.366.